The summed E-state index contributed by atoms with van der Waals surface area (Å²) in [4.78, 5) is 24.0. The van der Waals surface area contributed by atoms with Crippen LogP contribution in [-0.4, -0.2) is 24.6 Å². The van der Waals surface area contributed by atoms with Gasteiger partial charge in [0.2, 0.25) is 0 Å². The van der Waals surface area contributed by atoms with Crippen molar-refractivity contribution < 1.29 is 14.3 Å². The Labute approximate surface area is 182 Å². The monoisotopic (exact) mass is 499 g/mol. The fourth-order valence-electron chi connectivity index (χ4n) is 2.37. The Morgan fingerprint density at radius 3 is 2.34 bits per heavy atom. The summed E-state index contributed by atoms with van der Waals surface area (Å²) < 4.78 is 6.22. The highest BCUT2D eigenvalue weighted by Gasteiger charge is 2.11. The molecule has 0 aliphatic rings. The largest absolute Gasteiger partial charge is 0.423 e. The summed E-state index contributed by atoms with van der Waals surface area (Å²) in [6.45, 7) is 0.120. The third kappa shape index (κ3) is 6.42. The van der Waals surface area contributed by atoms with E-state index >= 15 is 0 Å². The van der Waals surface area contributed by atoms with Crippen LogP contribution in [0.5, 0.6) is 5.75 Å². The van der Waals surface area contributed by atoms with Gasteiger partial charge in [0, 0.05) is 9.26 Å². The maximum Gasteiger partial charge on any atom is 0.344 e. The lowest BCUT2D eigenvalue weighted by molar-refractivity contribution is -0.119. The molecule has 3 aromatic carbocycles. The number of carbonyl (C=O) groups excluding carboxylic acids is 2. The standard InChI is InChI=1S/C22H18IN3O3/c23-20-9-5-4-8-19(20)22(28)29-18-12-10-16(11-13-18)14-25-26-21(27)15-24-17-6-2-1-3-7-17/h1-14,24H,15H2,(H,26,27)/b25-14-. The molecule has 0 saturated heterocycles. The van der Waals surface area contributed by atoms with E-state index < -0.39 is 5.97 Å². The molecule has 0 spiro atoms. The highest BCUT2D eigenvalue weighted by molar-refractivity contribution is 14.1. The molecule has 1 amide bonds. The van der Waals surface area contributed by atoms with Crippen molar-refractivity contribution in [3.05, 3.63) is 93.6 Å². The van der Waals surface area contributed by atoms with Crippen LogP contribution in [0.4, 0.5) is 5.69 Å². The van der Waals surface area contributed by atoms with Crippen molar-refractivity contribution in [1.82, 2.24) is 5.43 Å². The second kappa shape index (κ2) is 10.4. The number of nitrogens with zero attached hydrogens (tertiary/aromatic N) is 1. The number of rotatable bonds is 7. The molecule has 0 atom stereocenters. The van der Waals surface area contributed by atoms with Crippen LogP contribution in [0, 0.1) is 3.57 Å². The molecule has 2 N–H and O–H groups in total. The molecule has 0 unspecified atom stereocenters. The van der Waals surface area contributed by atoms with Gasteiger partial charge in [0.05, 0.1) is 18.3 Å². The zero-order chi connectivity index (χ0) is 20.5. The number of esters is 1. The van der Waals surface area contributed by atoms with Crippen LogP contribution in [0.1, 0.15) is 15.9 Å². The maximum absolute atomic E-state index is 12.2. The van der Waals surface area contributed by atoms with Crippen LogP contribution in [0.15, 0.2) is 84.0 Å². The molecule has 0 aliphatic carbocycles. The third-order valence-corrected chi connectivity index (χ3v) is 4.75. The first kappa shape index (κ1) is 20.5. The third-order valence-electron chi connectivity index (χ3n) is 3.81. The summed E-state index contributed by atoms with van der Waals surface area (Å²) in [5, 5.41) is 6.93. The van der Waals surface area contributed by atoms with Crippen LogP contribution < -0.4 is 15.5 Å². The minimum atomic E-state index is -0.408. The Bertz CT molecular complexity index is 1010. The van der Waals surface area contributed by atoms with Gasteiger partial charge >= 0.3 is 5.97 Å². The van der Waals surface area contributed by atoms with E-state index in [1.54, 1.807) is 36.4 Å². The van der Waals surface area contributed by atoms with Crippen molar-refractivity contribution in [2.45, 2.75) is 0 Å². The summed E-state index contributed by atoms with van der Waals surface area (Å²) >= 11 is 2.10. The van der Waals surface area contributed by atoms with Gasteiger partial charge in [-0.2, -0.15) is 5.10 Å². The molecule has 0 heterocycles. The van der Waals surface area contributed by atoms with Crippen LogP contribution in [0.25, 0.3) is 0 Å². The van der Waals surface area contributed by atoms with E-state index in [2.05, 4.69) is 38.4 Å². The predicted molar refractivity (Wildman–Crippen MR) is 121 cm³/mol. The van der Waals surface area contributed by atoms with Gasteiger partial charge in [-0.05, 0) is 76.7 Å². The molecule has 7 heteroatoms. The van der Waals surface area contributed by atoms with Crippen molar-refractivity contribution in [3.63, 3.8) is 0 Å². The van der Waals surface area contributed by atoms with Gasteiger partial charge in [0.15, 0.2) is 0 Å². The molecule has 6 nitrogen and oxygen atoms in total. The Morgan fingerprint density at radius 1 is 0.931 bits per heavy atom. The van der Waals surface area contributed by atoms with Gasteiger partial charge in [0.1, 0.15) is 5.75 Å². The van der Waals surface area contributed by atoms with Crippen molar-refractivity contribution in [3.8, 4) is 5.75 Å². The van der Waals surface area contributed by atoms with Crippen molar-refractivity contribution in [2.24, 2.45) is 5.10 Å². The zero-order valence-corrected chi connectivity index (χ0v) is 17.5. The summed E-state index contributed by atoms with van der Waals surface area (Å²) in [5.74, 6) is -0.231. The predicted octanol–water partition coefficient (Wildman–Crippen LogP) is 4.07. The number of anilines is 1. The van der Waals surface area contributed by atoms with Gasteiger partial charge in [-0.3, -0.25) is 4.79 Å². The number of nitrogens with one attached hydrogen (secondary N) is 2. The molecule has 0 aliphatic heterocycles. The van der Waals surface area contributed by atoms with E-state index in [1.807, 2.05) is 42.5 Å². The molecule has 0 bridgehead atoms. The van der Waals surface area contributed by atoms with Crippen molar-refractivity contribution in [1.29, 1.82) is 0 Å². The summed E-state index contributed by atoms with van der Waals surface area (Å²) in [7, 11) is 0. The summed E-state index contributed by atoms with van der Waals surface area (Å²) in [6, 6.07) is 23.5. The molecule has 3 rings (SSSR count). The second-order valence-electron chi connectivity index (χ2n) is 5.95. The van der Waals surface area contributed by atoms with Gasteiger partial charge in [-0.15, -0.1) is 0 Å². The first-order valence-electron chi connectivity index (χ1n) is 8.79. The first-order chi connectivity index (χ1) is 14.1. The molecule has 29 heavy (non-hydrogen) atoms. The molecule has 0 aromatic heterocycles. The fourth-order valence-corrected chi connectivity index (χ4v) is 2.97. The Kier molecular flexibility index (Phi) is 7.34. The normalized spacial score (nSPS) is 10.5. The Balaban J connectivity index is 1.48. The van der Waals surface area contributed by atoms with E-state index in [0.717, 1.165) is 14.8 Å². The van der Waals surface area contributed by atoms with E-state index in [1.165, 1.54) is 6.21 Å². The highest BCUT2D eigenvalue weighted by atomic mass is 127. The van der Waals surface area contributed by atoms with Crippen LogP contribution >= 0.6 is 22.6 Å². The molecule has 146 valence electrons. The molecule has 0 radical (unpaired) electrons. The van der Waals surface area contributed by atoms with E-state index in [0.29, 0.717) is 11.3 Å². The molecule has 0 fully saturated rings. The number of benzene rings is 3. The number of amides is 1. The molecular formula is C22H18IN3O3. The van der Waals surface area contributed by atoms with Gasteiger partial charge in [-0.1, -0.05) is 30.3 Å². The average Bonchev–Trinajstić information content (AvgIpc) is 2.74. The number of carbonyl (C=O) groups is 2. The van der Waals surface area contributed by atoms with Gasteiger partial charge in [0.25, 0.3) is 5.91 Å². The number of halogens is 1. The maximum atomic E-state index is 12.2. The quantitative estimate of drug-likeness (QED) is 0.169. The average molecular weight is 499 g/mol. The SMILES string of the molecule is O=C(CNc1ccccc1)N/N=C\c1ccc(OC(=O)c2ccccc2I)cc1. The van der Waals surface area contributed by atoms with E-state index in [9.17, 15) is 9.59 Å². The highest BCUT2D eigenvalue weighted by Crippen LogP contribution is 2.17. The topological polar surface area (TPSA) is 79.8 Å². The molecular weight excluding hydrogens is 481 g/mol. The zero-order valence-electron chi connectivity index (χ0n) is 15.3. The van der Waals surface area contributed by atoms with Gasteiger partial charge < -0.3 is 10.1 Å². The number of hydrazone groups is 1. The van der Waals surface area contributed by atoms with Crippen LogP contribution in [-0.2, 0) is 4.79 Å². The first-order valence-corrected chi connectivity index (χ1v) is 9.87. The Hall–Kier alpha value is -3.20. The minimum absolute atomic E-state index is 0.120. The number of hydrogen-bond acceptors (Lipinski definition) is 5. The lowest BCUT2D eigenvalue weighted by atomic mass is 10.2. The van der Waals surface area contributed by atoms with E-state index in [4.69, 9.17) is 4.74 Å². The fraction of sp³-hybridized carbons (Fsp3) is 0.0455. The van der Waals surface area contributed by atoms with E-state index in [-0.39, 0.29) is 12.5 Å². The van der Waals surface area contributed by atoms with Crippen molar-refractivity contribution >= 4 is 46.4 Å². The number of hydrogen-bond donors (Lipinski definition) is 2. The number of para-hydroxylation sites is 1. The lowest BCUT2D eigenvalue weighted by Crippen LogP contribution is -2.25. The summed E-state index contributed by atoms with van der Waals surface area (Å²) in [6.07, 6.45) is 1.52. The molecule has 0 saturated carbocycles. The van der Waals surface area contributed by atoms with Crippen molar-refractivity contribution in [2.75, 3.05) is 11.9 Å². The Morgan fingerprint density at radius 2 is 1.62 bits per heavy atom. The van der Waals surface area contributed by atoms with Crippen LogP contribution in [0.3, 0.4) is 0 Å². The molecule has 3 aromatic rings. The van der Waals surface area contributed by atoms with Gasteiger partial charge in [-0.25, -0.2) is 10.2 Å². The second-order valence-corrected chi connectivity index (χ2v) is 7.11. The smallest absolute Gasteiger partial charge is 0.344 e. The lowest BCUT2D eigenvalue weighted by Gasteiger charge is -2.06. The van der Waals surface area contributed by atoms with Crippen LogP contribution in [0.2, 0.25) is 0 Å². The minimum Gasteiger partial charge on any atom is -0.423 e. The number of ether oxygens (including phenoxy) is 1. The summed E-state index contributed by atoms with van der Waals surface area (Å²) in [5.41, 5.74) is 4.60.